The Morgan fingerprint density at radius 3 is 2.68 bits per heavy atom. The second-order valence-corrected chi connectivity index (χ2v) is 8.55. The Morgan fingerprint density at radius 1 is 1.32 bits per heavy atom. The molecule has 3 N–H and O–H groups in total. The number of halogens is 2. The van der Waals surface area contributed by atoms with Crippen LogP contribution in [0.3, 0.4) is 0 Å². The van der Waals surface area contributed by atoms with Crippen LogP contribution in [-0.4, -0.2) is 23.0 Å². The highest BCUT2D eigenvalue weighted by atomic mass is 79.9. The first-order valence-corrected chi connectivity index (χ1v) is 9.38. The van der Waals surface area contributed by atoms with Gasteiger partial charge in [-0.15, -0.1) is 35.1 Å². The number of nitrogens with one attached hydrogen (secondary N) is 1. The fourth-order valence-corrected chi connectivity index (χ4v) is 4.70. The number of nitrogens with two attached hydrogens (primary N) is 1. The van der Waals surface area contributed by atoms with Gasteiger partial charge in [-0.2, -0.15) is 0 Å². The number of rotatable bonds is 3. The number of carbonyl (C=O) groups is 1. The average Bonchev–Trinajstić information content (AvgIpc) is 3.10. The maximum absolute atomic E-state index is 12.2. The summed E-state index contributed by atoms with van der Waals surface area (Å²) in [6, 6.07) is 4.53. The summed E-state index contributed by atoms with van der Waals surface area (Å²) in [5.74, 6) is -0.0754. The summed E-state index contributed by atoms with van der Waals surface area (Å²) < 4.78 is 1.07. The van der Waals surface area contributed by atoms with Gasteiger partial charge < -0.3 is 11.1 Å². The van der Waals surface area contributed by atoms with Gasteiger partial charge >= 0.3 is 0 Å². The summed E-state index contributed by atoms with van der Waals surface area (Å²) in [5, 5.41) is 5.79. The lowest BCUT2D eigenvalue weighted by atomic mass is 9.92. The molecule has 8 heteroatoms. The van der Waals surface area contributed by atoms with Crippen molar-refractivity contribution in [1.29, 1.82) is 0 Å². The second-order valence-electron chi connectivity index (χ2n) is 5.23. The molecule has 2 heterocycles. The zero-order valence-corrected chi connectivity index (χ0v) is 15.8. The molecule has 120 valence electrons. The number of nitrogens with zero attached hydrogens (tertiary/aromatic N) is 1. The molecule has 0 saturated heterocycles. The van der Waals surface area contributed by atoms with E-state index in [0.717, 1.165) is 39.4 Å². The van der Waals surface area contributed by atoms with Gasteiger partial charge in [0.25, 0.3) is 5.91 Å². The van der Waals surface area contributed by atoms with E-state index in [1.807, 2.05) is 17.5 Å². The molecule has 22 heavy (non-hydrogen) atoms. The molecule has 0 unspecified atom stereocenters. The van der Waals surface area contributed by atoms with Gasteiger partial charge in [0.1, 0.15) is 10.7 Å². The molecule has 1 aliphatic rings. The van der Waals surface area contributed by atoms with Gasteiger partial charge in [-0.3, -0.25) is 4.79 Å². The zero-order valence-electron chi connectivity index (χ0n) is 11.8. The smallest absolute Gasteiger partial charge is 0.270 e. The third-order valence-corrected chi connectivity index (χ3v) is 6.26. The van der Waals surface area contributed by atoms with Gasteiger partial charge in [0, 0.05) is 17.5 Å². The molecule has 0 spiro atoms. The molecule has 0 aliphatic heterocycles. The molecule has 0 bridgehead atoms. The molecule has 0 atom stereocenters. The highest BCUT2D eigenvalue weighted by Gasteiger charge is 2.21. The lowest BCUT2D eigenvalue weighted by Gasteiger charge is -2.26. The molecule has 0 aromatic carbocycles. The van der Waals surface area contributed by atoms with Crippen LogP contribution >= 0.6 is 51.0 Å². The number of thiazole rings is 1. The molecule has 3 rings (SSSR count). The van der Waals surface area contributed by atoms with Crippen LogP contribution in [0.15, 0.2) is 21.3 Å². The van der Waals surface area contributed by atoms with Crippen LogP contribution in [0.1, 0.15) is 36.2 Å². The van der Waals surface area contributed by atoms with Crippen LogP contribution in [0.4, 0.5) is 0 Å². The Kier molecular flexibility index (Phi) is 6.40. The maximum Gasteiger partial charge on any atom is 0.270 e. The molecule has 2 aromatic rings. The van der Waals surface area contributed by atoms with E-state index >= 15 is 0 Å². The van der Waals surface area contributed by atoms with Crippen molar-refractivity contribution < 1.29 is 4.79 Å². The van der Waals surface area contributed by atoms with Crippen molar-refractivity contribution >= 4 is 56.9 Å². The quantitative estimate of drug-likeness (QED) is 0.784. The van der Waals surface area contributed by atoms with Gasteiger partial charge in [-0.05, 0) is 53.7 Å². The van der Waals surface area contributed by atoms with Crippen molar-refractivity contribution in [1.82, 2.24) is 10.3 Å². The number of hydrogen-bond acceptors (Lipinski definition) is 5. The van der Waals surface area contributed by atoms with E-state index in [1.54, 1.807) is 11.3 Å². The summed E-state index contributed by atoms with van der Waals surface area (Å²) >= 11 is 6.57. The average molecular weight is 423 g/mol. The predicted molar refractivity (Wildman–Crippen MR) is 98.1 cm³/mol. The number of thiophene rings is 1. The number of amides is 1. The predicted octanol–water partition coefficient (Wildman–Crippen LogP) is 4.06. The van der Waals surface area contributed by atoms with E-state index in [2.05, 4.69) is 26.2 Å². The summed E-state index contributed by atoms with van der Waals surface area (Å²) in [6.07, 6.45) is 3.89. The minimum Gasteiger partial charge on any atom is -0.348 e. The molecule has 4 nitrogen and oxygen atoms in total. The minimum atomic E-state index is -0.0754. The Labute approximate surface area is 152 Å². The summed E-state index contributed by atoms with van der Waals surface area (Å²) in [7, 11) is 0. The van der Waals surface area contributed by atoms with E-state index in [9.17, 15) is 4.79 Å². The van der Waals surface area contributed by atoms with E-state index < -0.39 is 0 Å². The van der Waals surface area contributed by atoms with Crippen molar-refractivity contribution in [3.05, 3.63) is 27.0 Å². The Bertz CT molecular complexity index is 638. The fourth-order valence-electron chi connectivity index (χ4n) is 2.44. The lowest BCUT2D eigenvalue weighted by Crippen LogP contribution is -2.40. The molecular formula is C14H17BrClN3OS2. The van der Waals surface area contributed by atoms with Gasteiger partial charge in [0.05, 0.1) is 8.66 Å². The first kappa shape index (κ1) is 17.9. The molecule has 2 aromatic heterocycles. The van der Waals surface area contributed by atoms with Gasteiger partial charge in [0.15, 0.2) is 0 Å². The highest BCUT2D eigenvalue weighted by molar-refractivity contribution is 9.11. The van der Waals surface area contributed by atoms with Crippen molar-refractivity contribution in [3.8, 4) is 9.88 Å². The van der Waals surface area contributed by atoms with E-state index in [1.165, 1.54) is 11.3 Å². The van der Waals surface area contributed by atoms with Crippen LogP contribution in [0.25, 0.3) is 9.88 Å². The van der Waals surface area contributed by atoms with Crippen LogP contribution in [-0.2, 0) is 0 Å². The van der Waals surface area contributed by atoms with Crippen molar-refractivity contribution in [2.45, 2.75) is 37.8 Å². The molecule has 1 amide bonds. The van der Waals surface area contributed by atoms with Crippen molar-refractivity contribution in [2.24, 2.45) is 5.73 Å². The topological polar surface area (TPSA) is 68.0 Å². The number of aromatic nitrogens is 1. The third kappa shape index (κ3) is 4.29. The monoisotopic (exact) mass is 421 g/mol. The minimum absolute atomic E-state index is 0. The van der Waals surface area contributed by atoms with Crippen LogP contribution < -0.4 is 11.1 Å². The highest BCUT2D eigenvalue weighted by Crippen LogP contribution is 2.33. The summed E-state index contributed by atoms with van der Waals surface area (Å²) in [6.45, 7) is 0. The molecule has 0 radical (unpaired) electrons. The standard InChI is InChI=1S/C14H16BrN3OS2.ClH/c15-12-6-5-11(21-12)14-18-10(7-20-14)13(19)17-9-3-1-8(16)2-4-9;/h5-9H,1-4,16H2,(H,17,19);1H. The fraction of sp³-hybridized carbons (Fsp3) is 0.429. The normalized spacial score (nSPS) is 21.2. The largest absolute Gasteiger partial charge is 0.348 e. The second kappa shape index (κ2) is 7.88. The van der Waals surface area contributed by atoms with Crippen molar-refractivity contribution in [2.75, 3.05) is 0 Å². The Balaban J connectivity index is 0.00000176. The van der Waals surface area contributed by atoms with Crippen LogP contribution in [0.2, 0.25) is 0 Å². The molecule has 1 aliphatic carbocycles. The lowest BCUT2D eigenvalue weighted by molar-refractivity contribution is 0.0921. The zero-order chi connectivity index (χ0) is 14.8. The SMILES string of the molecule is Cl.NC1CCC(NC(=O)c2csc(-c3ccc(Br)s3)n2)CC1. The van der Waals surface area contributed by atoms with E-state index in [4.69, 9.17) is 5.73 Å². The van der Waals surface area contributed by atoms with Crippen LogP contribution in [0.5, 0.6) is 0 Å². The molecule has 1 saturated carbocycles. The molecular weight excluding hydrogens is 406 g/mol. The Morgan fingerprint density at radius 2 is 2.05 bits per heavy atom. The number of carbonyl (C=O) groups excluding carboxylic acids is 1. The summed E-state index contributed by atoms with van der Waals surface area (Å²) in [5.41, 5.74) is 6.39. The summed E-state index contributed by atoms with van der Waals surface area (Å²) in [4.78, 5) is 17.8. The third-order valence-electron chi connectivity index (χ3n) is 3.63. The van der Waals surface area contributed by atoms with E-state index in [0.29, 0.717) is 11.7 Å². The van der Waals surface area contributed by atoms with Gasteiger partial charge in [-0.25, -0.2) is 4.98 Å². The van der Waals surface area contributed by atoms with E-state index in [-0.39, 0.29) is 24.4 Å². The molecule has 1 fully saturated rings. The van der Waals surface area contributed by atoms with Crippen molar-refractivity contribution in [3.63, 3.8) is 0 Å². The Hall–Kier alpha value is -0.470. The first-order chi connectivity index (χ1) is 10.1. The number of hydrogen-bond donors (Lipinski definition) is 2. The maximum atomic E-state index is 12.2. The van der Waals surface area contributed by atoms with Gasteiger partial charge in [0.2, 0.25) is 0 Å². The van der Waals surface area contributed by atoms with Crippen LogP contribution in [0, 0.1) is 0 Å². The van der Waals surface area contributed by atoms with Gasteiger partial charge in [-0.1, -0.05) is 0 Å². The first-order valence-electron chi connectivity index (χ1n) is 6.89.